The summed E-state index contributed by atoms with van der Waals surface area (Å²) in [5.74, 6) is -1.51. The number of nitrogens with zero attached hydrogens (tertiary/aromatic N) is 1. The Kier molecular flexibility index (Phi) is 5.37. The first-order valence-electron chi connectivity index (χ1n) is 5.55. The molecule has 1 heterocycles. The molecule has 0 bridgehead atoms. The standard InChI is InChI=1S/C11H13F3N2O3S/c1-7(8-2-3-20-5-8)15-10(19)16(4-9(17)18)6-11(12,13)14/h2-3,5,7H,4,6H2,1H3,(H,15,19)(H,17,18). The molecule has 0 fully saturated rings. The number of carbonyl (C=O) groups excluding carboxylic acids is 1. The highest BCUT2D eigenvalue weighted by atomic mass is 32.1. The Bertz CT molecular complexity index is 462. The molecule has 2 N–H and O–H groups in total. The van der Waals surface area contributed by atoms with E-state index in [9.17, 15) is 22.8 Å². The van der Waals surface area contributed by atoms with E-state index in [2.05, 4.69) is 5.32 Å². The number of halogens is 3. The maximum absolute atomic E-state index is 12.3. The number of carboxylic acids is 1. The van der Waals surface area contributed by atoms with Gasteiger partial charge >= 0.3 is 18.2 Å². The predicted octanol–water partition coefficient (Wildman–Crippen LogP) is 2.47. The first-order chi connectivity index (χ1) is 9.19. The minimum Gasteiger partial charge on any atom is -0.480 e. The summed E-state index contributed by atoms with van der Waals surface area (Å²) in [6, 6.07) is 0.155. The largest absolute Gasteiger partial charge is 0.480 e. The molecule has 9 heteroatoms. The van der Waals surface area contributed by atoms with Crippen LogP contribution in [0.5, 0.6) is 0 Å². The molecule has 1 unspecified atom stereocenters. The first kappa shape index (κ1) is 16.3. The molecule has 0 radical (unpaired) electrons. The summed E-state index contributed by atoms with van der Waals surface area (Å²) in [4.78, 5) is 22.5. The van der Waals surface area contributed by atoms with Gasteiger partial charge in [-0.15, -0.1) is 0 Å². The lowest BCUT2D eigenvalue weighted by molar-refractivity contribution is -0.149. The van der Waals surface area contributed by atoms with E-state index in [0.29, 0.717) is 0 Å². The second kappa shape index (κ2) is 6.60. The SMILES string of the molecule is CC(NC(=O)N(CC(=O)O)CC(F)(F)F)c1ccsc1. The van der Waals surface area contributed by atoms with Gasteiger partial charge in [-0.25, -0.2) is 4.79 Å². The van der Waals surface area contributed by atoms with Crippen molar-refractivity contribution in [2.45, 2.75) is 19.1 Å². The maximum Gasteiger partial charge on any atom is 0.406 e. The molecule has 20 heavy (non-hydrogen) atoms. The van der Waals surface area contributed by atoms with Gasteiger partial charge < -0.3 is 15.3 Å². The molecule has 1 aromatic rings. The van der Waals surface area contributed by atoms with Gasteiger partial charge in [-0.3, -0.25) is 4.79 Å². The number of urea groups is 1. The number of hydrogen-bond acceptors (Lipinski definition) is 3. The fourth-order valence-corrected chi connectivity index (χ4v) is 2.21. The van der Waals surface area contributed by atoms with Crippen molar-refractivity contribution < 1.29 is 27.9 Å². The van der Waals surface area contributed by atoms with Crippen LogP contribution >= 0.6 is 11.3 Å². The zero-order valence-corrected chi connectivity index (χ0v) is 11.3. The van der Waals surface area contributed by atoms with Crippen LogP contribution in [-0.4, -0.2) is 41.3 Å². The number of nitrogens with one attached hydrogen (secondary N) is 1. The highest BCUT2D eigenvalue weighted by Gasteiger charge is 2.34. The highest BCUT2D eigenvalue weighted by Crippen LogP contribution is 2.18. The Morgan fingerprint density at radius 3 is 2.60 bits per heavy atom. The quantitative estimate of drug-likeness (QED) is 0.878. The molecule has 1 atom stereocenters. The third-order valence-electron chi connectivity index (χ3n) is 2.37. The molecule has 0 aromatic carbocycles. The molecule has 2 amide bonds. The second-order valence-electron chi connectivity index (χ2n) is 4.09. The van der Waals surface area contributed by atoms with E-state index in [1.165, 1.54) is 11.3 Å². The summed E-state index contributed by atoms with van der Waals surface area (Å²) in [7, 11) is 0. The lowest BCUT2D eigenvalue weighted by Gasteiger charge is -2.24. The van der Waals surface area contributed by atoms with E-state index in [4.69, 9.17) is 5.11 Å². The molecule has 0 saturated carbocycles. The van der Waals surface area contributed by atoms with E-state index in [-0.39, 0.29) is 4.90 Å². The van der Waals surface area contributed by atoms with Crippen LogP contribution in [0.25, 0.3) is 0 Å². The van der Waals surface area contributed by atoms with Crippen LogP contribution in [0.4, 0.5) is 18.0 Å². The molecule has 5 nitrogen and oxygen atoms in total. The van der Waals surface area contributed by atoms with Crippen LogP contribution in [0.2, 0.25) is 0 Å². The number of carbonyl (C=O) groups is 2. The maximum atomic E-state index is 12.3. The van der Waals surface area contributed by atoms with Gasteiger partial charge in [0.1, 0.15) is 13.1 Å². The molecule has 1 rings (SSSR count). The summed E-state index contributed by atoms with van der Waals surface area (Å²) in [6.45, 7) is -1.02. The molecule has 0 aliphatic carbocycles. The van der Waals surface area contributed by atoms with E-state index >= 15 is 0 Å². The zero-order chi connectivity index (χ0) is 15.3. The van der Waals surface area contributed by atoms with Crippen LogP contribution < -0.4 is 5.32 Å². The minimum atomic E-state index is -4.65. The fraction of sp³-hybridized carbons (Fsp3) is 0.455. The Morgan fingerprint density at radius 1 is 1.50 bits per heavy atom. The highest BCUT2D eigenvalue weighted by molar-refractivity contribution is 7.07. The number of thiophene rings is 1. The van der Waals surface area contributed by atoms with Crippen molar-refractivity contribution >= 4 is 23.3 Å². The normalized spacial score (nSPS) is 12.8. The van der Waals surface area contributed by atoms with Gasteiger partial charge in [0.25, 0.3) is 0 Å². The van der Waals surface area contributed by atoms with Crippen molar-refractivity contribution in [3.05, 3.63) is 22.4 Å². The summed E-state index contributed by atoms with van der Waals surface area (Å²) < 4.78 is 36.9. The van der Waals surface area contributed by atoms with Gasteiger partial charge in [-0.05, 0) is 29.3 Å². The topological polar surface area (TPSA) is 69.6 Å². The Balaban J connectivity index is 2.70. The van der Waals surface area contributed by atoms with Gasteiger partial charge in [0.05, 0.1) is 6.04 Å². The summed E-state index contributed by atoms with van der Waals surface area (Å²) in [6.07, 6.45) is -4.65. The van der Waals surface area contributed by atoms with E-state index < -0.39 is 37.3 Å². The molecule has 112 valence electrons. The molecule has 0 saturated heterocycles. The summed E-state index contributed by atoms with van der Waals surface area (Å²) >= 11 is 1.39. The zero-order valence-electron chi connectivity index (χ0n) is 10.5. The van der Waals surface area contributed by atoms with Gasteiger partial charge in [-0.2, -0.15) is 24.5 Å². The van der Waals surface area contributed by atoms with Crippen molar-refractivity contribution in [3.63, 3.8) is 0 Å². The Morgan fingerprint density at radius 2 is 2.15 bits per heavy atom. The van der Waals surface area contributed by atoms with Crippen LogP contribution in [-0.2, 0) is 4.79 Å². The van der Waals surface area contributed by atoms with Crippen molar-refractivity contribution in [3.8, 4) is 0 Å². The second-order valence-corrected chi connectivity index (χ2v) is 4.87. The van der Waals surface area contributed by atoms with Crippen molar-refractivity contribution in [1.29, 1.82) is 0 Å². The third-order valence-corrected chi connectivity index (χ3v) is 3.07. The molecule has 0 aliphatic heterocycles. The van der Waals surface area contributed by atoms with E-state index in [0.717, 1.165) is 5.56 Å². The van der Waals surface area contributed by atoms with Crippen molar-refractivity contribution in [2.75, 3.05) is 13.1 Å². The average Bonchev–Trinajstić information content (AvgIpc) is 2.78. The third kappa shape index (κ3) is 5.47. The van der Waals surface area contributed by atoms with Gasteiger partial charge in [-0.1, -0.05) is 0 Å². The van der Waals surface area contributed by atoms with E-state index in [1.54, 1.807) is 23.8 Å². The van der Waals surface area contributed by atoms with Crippen LogP contribution in [0.3, 0.4) is 0 Å². The molecule has 0 spiro atoms. The van der Waals surface area contributed by atoms with Gasteiger partial charge in [0.2, 0.25) is 0 Å². The predicted molar refractivity (Wildman–Crippen MR) is 66.5 cm³/mol. The molecular formula is C11H13F3N2O3S. The monoisotopic (exact) mass is 310 g/mol. The number of amides is 2. The number of aliphatic carboxylic acids is 1. The van der Waals surface area contributed by atoms with Gasteiger partial charge in [0.15, 0.2) is 0 Å². The van der Waals surface area contributed by atoms with Crippen LogP contribution in [0.15, 0.2) is 16.8 Å². The van der Waals surface area contributed by atoms with E-state index in [1.807, 2.05) is 0 Å². The van der Waals surface area contributed by atoms with Crippen LogP contribution in [0.1, 0.15) is 18.5 Å². The summed E-state index contributed by atoms with van der Waals surface area (Å²) in [5, 5.41) is 14.4. The van der Waals surface area contributed by atoms with Crippen molar-refractivity contribution in [1.82, 2.24) is 10.2 Å². The molecular weight excluding hydrogens is 297 g/mol. The van der Waals surface area contributed by atoms with Crippen LogP contribution in [0, 0.1) is 0 Å². The number of rotatable bonds is 5. The average molecular weight is 310 g/mol. The number of carboxylic acid groups (broad SMARTS) is 1. The molecule has 0 aliphatic rings. The number of hydrogen-bond donors (Lipinski definition) is 2. The lowest BCUT2D eigenvalue weighted by Crippen LogP contribution is -2.47. The van der Waals surface area contributed by atoms with Gasteiger partial charge in [0, 0.05) is 0 Å². The smallest absolute Gasteiger partial charge is 0.406 e. The Hall–Kier alpha value is -1.77. The minimum absolute atomic E-state index is 0.213. The molecule has 1 aromatic heterocycles. The summed E-state index contributed by atoms with van der Waals surface area (Å²) in [5.41, 5.74) is 0.741. The lowest BCUT2D eigenvalue weighted by atomic mass is 10.2. The number of alkyl halides is 3. The first-order valence-corrected chi connectivity index (χ1v) is 6.49. The fourth-order valence-electron chi connectivity index (χ4n) is 1.46. The van der Waals surface area contributed by atoms with Crippen molar-refractivity contribution in [2.24, 2.45) is 0 Å². The Labute approximate surface area is 117 Å².